The molecule has 0 amide bonds. The Balaban J connectivity index is 1.48. The summed E-state index contributed by atoms with van der Waals surface area (Å²) in [7, 11) is 0. The molecule has 0 unspecified atom stereocenters. The van der Waals surface area contributed by atoms with Crippen molar-refractivity contribution in [2.45, 2.75) is 44.1 Å². The molecule has 6 rings (SSSR count). The summed E-state index contributed by atoms with van der Waals surface area (Å²) in [6, 6.07) is 5.98. The minimum absolute atomic E-state index is 0.340. The van der Waals surface area contributed by atoms with Crippen molar-refractivity contribution >= 4 is 38.3 Å². The third kappa shape index (κ3) is 2.08. The van der Waals surface area contributed by atoms with Crippen molar-refractivity contribution in [2.24, 2.45) is 17.8 Å². The highest BCUT2D eigenvalue weighted by Crippen LogP contribution is 2.56. The monoisotopic (exact) mass is 318 g/mol. The Labute approximate surface area is 133 Å². The van der Waals surface area contributed by atoms with E-state index in [9.17, 15) is 0 Å². The van der Waals surface area contributed by atoms with Gasteiger partial charge in [0.15, 0.2) is 5.13 Å². The van der Waals surface area contributed by atoms with E-state index < -0.39 is 0 Å². The van der Waals surface area contributed by atoms with Crippen LogP contribution in [0.1, 0.15) is 38.5 Å². The van der Waals surface area contributed by atoms with Crippen LogP contribution in [0, 0.1) is 17.8 Å². The van der Waals surface area contributed by atoms with Gasteiger partial charge in [-0.1, -0.05) is 22.9 Å². The predicted octanol–water partition coefficient (Wildman–Crippen LogP) is 5.33. The molecule has 4 saturated carbocycles. The van der Waals surface area contributed by atoms with Gasteiger partial charge >= 0.3 is 0 Å². The quantitative estimate of drug-likeness (QED) is 0.809. The standard InChI is InChI=1S/C17H19ClN2S/c18-13-1-2-14-15(6-13)21-16(19-14)20-17-7-10-3-11(8-17)5-12(4-10)9-17/h1-2,6,10-12H,3-5,7-9H2,(H,19,20). The summed E-state index contributed by atoms with van der Waals surface area (Å²) in [6.45, 7) is 0. The van der Waals surface area contributed by atoms with Crippen LogP contribution in [-0.2, 0) is 0 Å². The highest BCUT2D eigenvalue weighted by Gasteiger charge is 2.51. The molecule has 1 N–H and O–H groups in total. The number of halogens is 1. The van der Waals surface area contributed by atoms with Crippen LogP contribution in [0.15, 0.2) is 18.2 Å². The van der Waals surface area contributed by atoms with Crippen LogP contribution in [0.3, 0.4) is 0 Å². The first-order chi connectivity index (χ1) is 10.2. The van der Waals surface area contributed by atoms with Crippen LogP contribution in [0.5, 0.6) is 0 Å². The normalized spacial score (nSPS) is 37.3. The van der Waals surface area contributed by atoms with E-state index in [1.54, 1.807) is 11.3 Å². The number of nitrogens with one attached hydrogen (secondary N) is 1. The number of hydrogen-bond acceptors (Lipinski definition) is 3. The van der Waals surface area contributed by atoms with E-state index in [0.717, 1.165) is 33.4 Å². The predicted molar refractivity (Wildman–Crippen MR) is 89.2 cm³/mol. The number of anilines is 1. The maximum Gasteiger partial charge on any atom is 0.184 e. The zero-order valence-electron chi connectivity index (χ0n) is 11.9. The molecule has 4 aliphatic rings. The molecule has 0 spiro atoms. The number of aromatic nitrogens is 1. The van der Waals surface area contributed by atoms with Gasteiger partial charge in [0.1, 0.15) is 0 Å². The Morgan fingerprint density at radius 1 is 1.10 bits per heavy atom. The second-order valence-corrected chi connectivity index (χ2v) is 8.92. The van der Waals surface area contributed by atoms with Gasteiger partial charge < -0.3 is 5.32 Å². The molecule has 1 heterocycles. The highest BCUT2D eigenvalue weighted by atomic mass is 35.5. The number of hydrogen-bond donors (Lipinski definition) is 1. The van der Waals surface area contributed by atoms with Crippen molar-refractivity contribution in [1.82, 2.24) is 4.98 Å². The van der Waals surface area contributed by atoms with Gasteiger partial charge in [-0.15, -0.1) is 0 Å². The smallest absolute Gasteiger partial charge is 0.184 e. The average molecular weight is 319 g/mol. The number of fused-ring (bicyclic) bond motifs is 1. The van der Waals surface area contributed by atoms with Crippen molar-refractivity contribution in [3.8, 4) is 0 Å². The highest BCUT2D eigenvalue weighted by molar-refractivity contribution is 7.22. The molecule has 0 aliphatic heterocycles. The van der Waals surface area contributed by atoms with Crippen LogP contribution >= 0.6 is 22.9 Å². The molecule has 4 bridgehead atoms. The van der Waals surface area contributed by atoms with Gasteiger partial charge in [-0.2, -0.15) is 0 Å². The summed E-state index contributed by atoms with van der Waals surface area (Å²) in [4.78, 5) is 4.78. The van der Waals surface area contributed by atoms with Crippen LogP contribution in [0.4, 0.5) is 5.13 Å². The van der Waals surface area contributed by atoms with Crippen molar-refractivity contribution in [3.05, 3.63) is 23.2 Å². The van der Waals surface area contributed by atoms with Crippen LogP contribution < -0.4 is 5.32 Å². The molecule has 0 atom stereocenters. The molecule has 2 nitrogen and oxygen atoms in total. The van der Waals surface area contributed by atoms with Crippen LogP contribution in [0.25, 0.3) is 10.2 Å². The van der Waals surface area contributed by atoms with Crippen molar-refractivity contribution in [1.29, 1.82) is 0 Å². The SMILES string of the molecule is Clc1ccc2nc(NC34CC5CC(CC(C5)C3)C4)sc2c1. The fourth-order valence-electron chi connectivity index (χ4n) is 5.44. The summed E-state index contributed by atoms with van der Waals surface area (Å²) in [5.74, 6) is 2.90. The Bertz CT molecular complexity index is 673. The Morgan fingerprint density at radius 2 is 1.76 bits per heavy atom. The lowest BCUT2D eigenvalue weighted by molar-refractivity contribution is 0.0107. The summed E-state index contributed by atoms with van der Waals surface area (Å²) >= 11 is 7.84. The third-order valence-corrected chi connectivity index (χ3v) is 6.93. The van der Waals surface area contributed by atoms with Crippen LogP contribution in [-0.4, -0.2) is 10.5 Å². The maximum atomic E-state index is 6.09. The average Bonchev–Trinajstić information content (AvgIpc) is 2.77. The number of thiazole rings is 1. The van der Waals surface area contributed by atoms with E-state index >= 15 is 0 Å². The fraction of sp³-hybridized carbons (Fsp3) is 0.588. The lowest BCUT2D eigenvalue weighted by Crippen LogP contribution is -2.54. The van der Waals surface area contributed by atoms with Crippen molar-refractivity contribution < 1.29 is 0 Å². The molecule has 1 aromatic heterocycles. The van der Waals surface area contributed by atoms with Crippen molar-refractivity contribution in [3.63, 3.8) is 0 Å². The molecule has 4 heteroatoms. The molecule has 1 aromatic carbocycles. The summed E-state index contributed by atoms with van der Waals surface area (Å²) in [6.07, 6.45) is 8.52. The van der Waals surface area contributed by atoms with E-state index in [-0.39, 0.29) is 0 Å². The zero-order valence-corrected chi connectivity index (χ0v) is 13.5. The summed E-state index contributed by atoms with van der Waals surface area (Å²) in [5, 5.41) is 5.75. The molecule has 0 radical (unpaired) electrons. The minimum atomic E-state index is 0.340. The van der Waals surface area contributed by atoms with E-state index in [1.807, 2.05) is 18.2 Å². The zero-order chi connectivity index (χ0) is 14.0. The first-order valence-electron chi connectivity index (χ1n) is 8.02. The second kappa shape index (κ2) is 4.36. The number of benzene rings is 1. The van der Waals surface area contributed by atoms with Gasteiger partial charge in [0.2, 0.25) is 0 Å². The van der Waals surface area contributed by atoms with Gasteiger partial charge in [0, 0.05) is 10.6 Å². The molecular weight excluding hydrogens is 300 g/mol. The van der Waals surface area contributed by atoms with E-state index in [2.05, 4.69) is 5.32 Å². The van der Waals surface area contributed by atoms with Gasteiger partial charge in [-0.3, -0.25) is 0 Å². The van der Waals surface area contributed by atoms with Gasteiger partial charge in [0.05, 0.1) is 10.2 Å². The molecule has 110 valence electrons. The fourth-order valence-corrected chi connectivity index (χ4v) is 6.70. The van der Waals surface area contributed by atoms with Gasteiger partial charge in [-0.25, -0.2) is 4.98 Å². The number of rotatable bonds is 2. The van der Waals surface area contributed by atoms with E-state index in [0.29, 0.717) is 5.54 Å². The van der Waals surface area contributed by atoms with E-state index in [1.165, 1.54) is 43.2 Å². The second-order valence-electron chi connectivity index (χ2n) is 7.45. The third-order valence-electron chi connectivity index (χ3n) is 5.76. The lowest BCUT2D eigenvalue weighted by Gasteiger charge is -2.56. The first kappa shape index (κ1) is 12.7. The maximum absolute atomic E-state index is 6.09. The molecule has 4 aliphatic carbocycles. The largest absolute Gasteiger partial charge is 0.356 e. The van der Waals surface area contributed by atoms with Gasteiger partial charge in [0.25, 0.3) is 0 Å². The topological polar surface area (TPSA) is 24.9 Å². The van der Waals surface area contributed by atoms with Crippen LogP contribution in [0.2, 0.25) is 5.02 Å². The van der Waals surface area contributed by atoms with Gasteiger partial charge in [-0.05, 0) is 74.5 Å². The Hall–Kier alpha value is -0.800. The van der Waals surface area contributed by atoms with Crippen molar-refractivity contribution in [2.75, 3.05) is 5.32 Å². The van der Waals surface area contributed by atoms with E-state index in [4.69, 9.17) is 16.6 Å². The Morgan fingerprint density at radius 3 is 2.43 bits per heavy atom. The molecule has 0 saturated heterocycles. The molecule has 2 aromatic rings. The summed E-state index contributed by atoms with van der Waals surface area (Å²) < 4.78 is 1.19. The minimum Gasteiger partial charge on any atom is -0.356 e. The lowest BCUT2D eigenvalue weighted by atomic mass is 9.53. The Kier molecular flexibility index (Phi) is 2.64. The first-order valence-corrected chi connectivity index (χ1v) is 9.21. The molecule has 21 heavy (non-hydrogen) atoms. The number of nitrogens with zero attached hydrogens (tertiary/aromatic N) is 1. The molecule has 4 fully saturated rings. The molecular formula is C17H19ClN2S. The summed E-state index contributed by atoms with van der Waals surface area (Å²) in [5.41, 5.74) is 1.41.